The summed E-state index contributed by atoms with van der Waals surface area (Å²) in [6.45, 7) is 4.02. The average Bonchev–Trinajstić information content (AvgIpc) is 2.65. The number of benzene rings is 1. The lowest BCUT2D eigenvalue weighted by Gasteiger charge is -2.09. The van der Waals surface area contributed by atoms with Gasteiger partial charge < -0.3 is 10.5 Å². The van der Waals surface area contributed by atoms with E-state index in [1.54, 1.807) is 6.20 Å². The smallest absolute Gasteiger partial charge is 0.180 e. The van der Waals surface area contributed by atoms with E-state index in [0.29, 0.717) is 5.13 Å². The van der Waals surface area contributed by atoms with E-state index in [0.717, 1.165) is 16.2 Å². The van der Waals surface area contributed by atoms with Crippen LogP contribution in [0.3, 0.4) is 0 Å². The standard InChI is InChI=1S/C12H14N2OS/c1-8(2)15-10-5-3-9(4-6-10)11-7-14-12(13)16-11/h3-8H,1-2H3,(H2,13,14). The minimum Gasteiger partial charge on any atom is -0.491 e. The van der Waals surface area contributed by atoms with Crippen molar-refractivity contribution in [3.05, 3.63) is 30.5 Å². The first-order valence-electron chi connectivity index (χ1n) is 5.13. The zero-order valence-corrected chi connectivity index (χ0v) is 10.1. The molecule has 2 N–H and O–H groups in total. The lowest BCUT2D eigenvalue weighted by atomic mass is 10.2. The summed E-state index contributed by atoms with van der Waals surface area (Å²) in [6, 6.07) is 7.96. The molecule has 1 aromatic heterocycles. The molecule has 0 unspecified atom stereocenters. The third kappa shape index (κ3) is 2.52. The number of hydrogen-bond acceptors (Lipinski definition) is 4. The number of thiazole rings is 1. The van der Waals surface area contributed by atoms with Crippen LogP contribution in [0.25, 0.3) is 10.4 Å². The molecule has 0 bridgehead atoms. The van der Waals surface area contributed by atoms with Gasteiger partial charge in [0.15, 0.2) is 5.13 Å². The molecule has 0 spiro atoms. The molecule has 84 valence electrons. The van der Waals surface area contributed by atoms with E-state index in [4.69, 9.17) is 10.5 Å². The predicted molar refractivity (Wildman–Crippen MR) is 67.7 cm³/mol. The Morgan fingerprint density at radius 3 is 2.44 bits per heavy atom. The Kier molecular flexibility index (Phi) is 3.10. The molecule has 2 rings (SSSR count). The van der Waals surface area contributed by atoms with Gasteiger partial charge in [-0.3, -0.25) is 0 Å². The quantitative estimate of drug-likeness (QED) is 0.887. The third-order valence-electron chi connectivity index (χ3n) is 2.03. The summed E-state index contributed by atoms with van der Waals surface area (Å²) in [5, 5.41) is 0.595. The summed E-state index contributed by atoms with van der Waals surface area (Å²) in [6.07, 6.45) is 1.99. The van der Waals surface area contributed by atoms with Crippen molar-refractivity contribution in [1.82, 2.24) is 4.98 Å². The highest BCUT2D eigenvalue weighted by atomic mass is 32.1. The summed E-state index contributed by atoms with van der Waals surface area (Å²) < 4.78 is 5.57. The molecule has 0 fully saturated rings. The summed E-state index contributed by atoms with van der Waals surface area (Å²) >= 11 is 1.49. The Morgan fingerprint density at radius 2 is 1.94 bits per heavy atom. The van der Waals surface area contributed by atoms with Crippen molar-refractivity contribution in [2.75, 3.05) is 5.73 Å². The van der Waals surface area contributed by atoms with E-state index in [9.17, 15) is 0 Å². The first-order valence-corrected chi connectivity index (χ1v) is 5.95. The van der Waals surface area contributed by atoms with E-state index < -0.39 is 0 Å². The molecular formula is C12H14N2OS. The SMILES string of the molecule is CC(C)Oc1ccc(-c2cnc(N)s2)cc1. The molecule has 16 heavy (non-hydrogen) atoms. The van der Waals surface area contributed by atoms with E-state index in [1.165, 1.54) is 11.3 Å². The summed E-state index contributed by atoms with van der Waals surface area (Å²) in [5.41, 5.74) is 6.71. The maximum atomic E-state index is 5.59. The summed E-state index contributed by atoms with van der Waals surface area (Å²) in [4.78, 5) is 5.11. The first-order chi connectivity index (χ1) is 7.65. The van der Waals surface area contributed by atoms with Gasteiger partial charge in [0.2, 0.25) is 0 Å². The lowest BCUT2D eigenvalue weighted by Crippen LogP contribution is -2.04. The topological polar surface area (TPSA) is 48.1 Å². The predicted octanol–water partition coefficient (Wildman–Crippen LogP) is 3.18. The number of hydrogen-bond donors (Lipinski definition) is 1. The molecule has 0 aliphatic rings. The van der Waals surface area contributed by atoms with Gasteiger partial charge in [-0.15, -0.1) is 0 Å². The minimum atomic E-state index is 0.199. The van der Waals surface area contributed by atoms with E-state index in [1.807, 2.05) is 38.1 Å². The second kappa shape index (κ2) is 4.53. The van der Waals surface area contributed by atoms with Crippen LogP contribution < -0.4 is 10.5 Å². The lowest BCUT2D eigenvalue weighted by molar-refractivity contribution is 0.242. The number of rotatable bonds is 3. The largest absolute Gasteiger partial charge is 0.491 e. The number of nitrogen functional groups attached to an aromatic ring is 1. The van der Waals surface area contributed by atoms with Crippen molar-refractivity contribution in [3.8, 4) is 16.2 Å². The van der Waals surface area contributed by atoms with Crippen LogP contribution in [0, 0.1) is 0 Å². The van der Waals surface area contributed by atoms with Gasteiger partial charge >= 0.3 is 0 Å². The highest BCUT2D eigenvalue weighted by molar-refractivity contribution is 7.18. The number of ether oxygens (including phenoxy) is 1. The fourth-order valence-electron chi connectivity index (χ4n) is 1.39. The Hall–Kier alpha value is -1.55. The zero-order valence-electron chi connectivity index (χ0n) is 9.31. The Balaban J connectivity index is 2.19. The van der Waals surface area contributed by atoms with Crippen LogP contribution in [0.4, 0.5) is 5.13 Å². The van der Waals surface area contributed by atoms with E-state index in [-0.39, 0.29) is 6.10 Å². The van der Waals surface area contributed by atoms with Crippen LogP contribution in [0.5, 0.6) is 5.75 Å². The van der Waals surface area contributed by atoms with Gasteiger partial charge in [0.05, 0.1) is 11.0 Å². The van der Waals surface area contributed by atoms with Gasteiger partial charge in [0.25, 0.3) is 0 Å². The molecule has 0 aliphatic heterocycles. The average molecular weight is 234 g/mol. The van der Waals surface area contributed by atoms with Crippen LogP contribution in [0.2, 0.25) is 0 Å². The van der Waals surface area contributed by atoms with Crippen molar-refractivity contribution in [2.24, 2.45) is 0 Å². The molecule has 3 nitrogen and oxygen atoms in total. The second-order valence-electron chi connectivity index (χ2n) is 3.75. The van der Waals surface area contributed by atoms with Gasteiger partial charge in [-0.25, -0.2) is 4.98 Å². The van der Waals surface area contributed by atoms with Crippen LogP contribution in [-0.4, -0.2) is 11.1 Å². The summed E-state index contributed by atoms with van der Waals surface area (Å²) in [5.74, 6) is 0.885. The van der Waals surface area contributed by atoms with Gasteiger partial charge in [0, 0.05) is 6.20 Å². The van der Waals surface area contributed by atoms with Crippen molar-refractivity contribution in [2.45, 2.75) is 20.0 Å². The molecule has 0 radical (unpaired) electrons. The van der Waals surface area contributed by atoms with Gasteiger partial charge in [-0.1, -0.05) is 11.3 Å². The van der Waals surface area contributed by atoms with Crippen LogP contribution in [-0.2, 0) is 0 Å². The van der Waals surface area contributed by atoms with Gasteiger partial charge in [-0.05, 0) is 43.7 Å². The monoisotopic (exact) mass is 234 g/mol. The number of anilines is 1. The molecule has 2 aromatic rings. The van der Waals surface area contributed by atoms with E-state index >= 15 is 0 Å². The van der Waals surface area contributed by atoms with Crippen LogP contribution in [0.15, 0.2) is 30.5 Å². The molecule has 0 saturated heterocycles. The van der Waals surface area contributed by atoms with Crippen LogP contribution >= 0.6 is 11.3 Å². The fourth-order valence-corrected chi connectivity index (χ4v) is 2.08. The van der Waals surface area contributed by atoms with Crippen molar-refractivity contribution in [1.29, 1.82) is 0 Å². The van der Waals surface area contributed by atoms with Crippen molar-refractivity contribution < 1.29 is 4.74 Å². The molecular weight excluding hydrogens is 220 g/mol. The maximum Gasteiger partial charge on any atom is 0.180 e. The molecule has 1 aromatic carbocycles. The fraction of sp³-hybridized carbons (Fsp3) is 0.250. The Labute approximate surface area is 98.9 Å². The highest BCUT2D eigenvalue weighted by Gasteiger charge is 2.03. The highest BCUT2D eigenvalue weighted by Crippen LogP contribution is 2.28. The second-order valence-corrected chi connectivity index (χ2v) is 4.82. The Bertz CT molecular complexity index is 462. The first kappa shape index (κ1) is 11.0. The Morgan fingerprint density at radius 1 is 1.25 bits per heavy atom. The molecule has 4 heteroatoms. The number of aromatic nitrogens is 1. The molecule has 0 aliphatic carbocycles. The minimum absolute atomic E-state index is 0.199. The molecule has 0 atom stereocenters. The van der Waals surface area contributed by atoms with Crippen molar-refractivity contribution >= 4 is 16.5 Å². The zero-order chi connectivity index (χ0) is 11.5. The van der Waals surface area contributed by atoms with Crippen LogP contribution in [0.1, 0.15) is 13.8 Å². The maximum absolute atomic E-state index is 5.59. The van der Waals surface area contributed by atoms with Gasteiger partial charge in [-0.2, -0.15) is 0 Å². The van der Waals surface area contributed by atoms with Gasteiger partial charge in [0.1, 0.15) is 5.75 Å². The molecule has 0 saturated carbocycles. The number of nitrogens with zero attached hydrogens (tertiary/aromatic N) is 1. The normalized spacial score (nSPS) is 10.7. The third-order valence-corrected chi connectivity index (χ3v) is 2.91. The van der Waals surface area contributed by atoms with E-state index in [2.05, 4.69) is 4.98 Å². The number of nitrogens with two attached hydrogens (primary N) is 1. The summed E-state index contributed by atoms with van der Waals surface area (Å²) in [7, 11) is 0. The van der Waals surface area contributed by atoms with Crippen molar-refractivity contribution in [3.63, 3.8) is 0 Å². The molecule has 0 amide bonds. The molecule has 1 heterocycles.